The van der Waals surface area contributed by atoms with E-state index in [1.807, 2.05) is 0 Å². The molecular formula is C14H9ClF3N7O3S. The zero-order valence-electron chi connectivity index (χ0n) is 14.2. The van der Waals surface area contributed by atoms with Gasteiger partial charge in [0.1, 0.15) is 11.4 Å². The lowest BCUT2D eigenvalue weighted by atomic mass is 10.1. The van der Waals surface area contributed by atoms with E-state index in [0.29, 0.717) is 0 Å². The van der Waals surface area contributed by atoms with E-state index in [0.717, 1.165) is 28.2 Å². The number of anilines is 2. The number of nitrogens with one attached hydrogen (secondary N) is 2. The number of nitrogens with zero attached hydrogens (tertiary/aromatic N) is 5. The molecule has 3 rings (SSSR count). The third-order valence-electron chi connectivity index (χ3n) is 3.32. The zero-order chi connectivity index (χ0) is 21.2. The standard InChI is InChI=1S/C14H9ClF3N7O3S/c1-25-13(22-23-24-25)21-11(26)6-2-3-8(28-14(16,17)18)10(9(6)15)20-12(27)7-4-29-5-19-7/h2-5H,1H3,(H,20,27)(H,21,22,24,26). The maximum Gasteiger partial charge on any atom is 0.573 e. The number of thiazole rings is 1. The van der Waals surface area contributed by atoms with Crippen molar-refractivity contribution in [1.29, 1.82) is 0 Å². The van der Waals surface area contributed by atoms with Gasteiger partial charge in [0, 0.05) is 12.4 Å². The van der Waals surface area contributed by atoms with Crippen LogP contribution < -0.4 is 15.4 Å². The summed E-state index contributed by atoms with van der Waals surface area (Å²) < 4.78 is 43.2. The molecule has 0 aliphatic carbocycles. The first-order valence-electron chi connectivity index (χ1n) is 7.47. The van der Waals surface area contributed by atoms with Crippen LogP contribution in [0.5, 0.6) is 5.75 Å². The number of carbonyl (C=O) groups is 2. The van der Waals surface area contributed by atoms with Gasteiger partial charge in [-0.2, -0.15) is 0 Å². The van der Waals surface area contributed by atoms with E-state index in [1.54, 1.807) is 0 Å². The van der Waals surface area contributed by atoms with Gasteiger partial charge >= 0.3 is 6.36 Å². The first-order valence-corrected chi connectivity index (χ1v) is 8.79. The van der Waals surface area contributed by atoms with Gasteiger partial charge in [-0.05, 0) is 22.6 Å². The molecule has 10 nitrogen and oxygen atoms in total. The van der Waals surface area contributed by atoms with Crippen LogP contribution in [0, 0.1) is 0 Å². The Hall–Kier alpha value is -3.26. The molecule has 0 saturated heterocycles. The van der Waals surface area contributed by atoms with Gasteiger partial charge in [0.2, 0.25) is 5.95 Å². The molecule has 2 aromatic heterocycles. The Kier molecular flexibility index (Phi) is 5.65. The highest BCUT2D eigenvalue weighted by Crippen LogP contribution is 2.38. The fourth-order valence-corrected chi connectivity index (χ4v) is 2.89. The lowest BCUT2D eigenvalue weighted by Gasteiger charge is -2.17. The number of benzene rings is 1. The van der Waals surface area contributed by atoms with Crippen LogP contribution in [-0.2, 0) is 7.05 Å². The number of hydrogen-bond donors (Lipinski definition) is 2. The summed E-state index contributed by atoms with van der Waals surface area (Å²) in [7, 11) is 1.46. The molecule has 0 bridgehead atoms. The van der Waals surface area contributed by atoms with E-state index in [2.05, 4.69) is 35.9 Å². The number of aromatic nitrogens is 5. The van der Waals surface area contributed by atoms with Crippen LogP contribution in [0.2, 0.25) is 5.02 Å². The second-order valence-corrected chi connectivity index (χ2v) is 6.35. The zero-order valence-corrected chi connectivity index (χ0v) is 15.8. The molecule has 0 unspecified atom stereocenters. The Morgan fingerprint density at radius 2 is 2.00 bits per heavy atom. The highest BCUT2D eigenvalue weighted by molar-refractivity contribution is 7.07. The SMILES string of the molecule is Cn1nnnc1NC(=O)c1ccc(OC(F)(F)F)c(NC(=O)c2cscn2)c1Cl. The van der Waals surface area contributed by atoms with Gasteiger partial charge in [0.15, 0.2) is 5.75 Å². The first-order chi connectivity index (χ1) is 13.7. The number of amides is 2. The molecule has 0 radical (unpaired) electrons. The number of alkyl halides is 3. The Morgan fingerprint density at radius 1 is 1.24 bits per heavy atom. The molecule has 29 heavy (non-hydrogen) atoms. The third kappa shape index (κ3) is 4.78. The number of ether oxygens (including phenoxy) is 1. The summed E-state index contributed by atoms with van der Waals surface area (Å²) in [6.45, 7) is 0. The van der Waals surface area contributed by atoms with Gasteiger partial charge in [0.25, 0.3) is 11.8 Å². The number of halogens is 4. The van der Waals surface area contributed by atoms with Gasteiger partial charge in [-0.15, -0.1) is 24.5 Å². The Morgan fingerprint density at radius 3 is 2.59 bits per heavy atom. The second-order valence-electron chi connectivity index (χ2n) is 5.26. The van der Waals surface area contributed by atoms with E-state index in [1.165, 1.54) is 17.9 Å². The van der Waals surface area contributed by atoms with Crippen LogP contribution in [0.15, 0.2) is 23.0 Å². The van der Waals surface area contributed by atoms with Crippen molar-refractivity contribution in [1.82, 2.24) is 25.2 Å². The summed E-state index contributed by atoms with van der Waals surface area (Å²) in [4.78, 5) is 28.5. The summed E-state index contributed by atoms with van der Waals surface area (Å²) in [5, 5.41) is 15.9. The third-order valence-corrected chi connectivity index (χ3v) is 4.30. The minimum atomic E-state index is -5.06. The molecule has 15 heteroatoms. The largest absolute Gasteiger partial charge is 0.573 e. The predicted molar refractivity (Wildman–Crippen MR) is 95.0 cm³/mol. The number of tetrazole rings is 1. The van der Waals surface area contributed by atoms with Crippen molar-refractivity contribution in [3.63, 3.8) is 0 Å². The summed E-state index contributed by atoms with van der Waals surface area (Å²) in [6.07, 6.45) is -5.06. The first kappa shape index (κ1) is 20.5. The number of carbonyl (C=O) groups excluding carboxylic acids is 2. The van der Waals surface area contributed by atoms with Crippen molar-refractivity contribution < 1.29 is 27.5 Å². The molecule has 152 valence electrons. The topological polar surface area (TPSA) is 124 Å². The average molecular weight is 448 g/mol. The van der Waals surface area contributed by atoms with E-state index in [-0.39, 0.29) is 17.2 Å². The Balaban J connectivity index is 1.97. The smallest absolute Gasteiger partial charge is 0.404 e. The average Bonchev–Trinajstić information content (AvgIpc) is 3.29. The summed E-state index contributed by atoms with van der Waals surface area (Å²) in [5.74, 6) is -2.50. The number of hydrogen-bond acceptors (Lipinski definition) is 8. The lowest BCUT2D eigenvalue weighted by molar-refractivity contribution is -0.274. The van der Waals surface area contributed by atoms with Crippen molar-refractivity contribution in [2.75, 3.05) is 10.6 Å². The molecule has 0 saturated carbocycles. The molecule has 0 spiro atoms. The van der Waals surface area contributed by atoms with Crippen LogP contribution in [-0.4, -0.2) is 43.4 Å². The Bertz CT molecular complexity index is 1060. The van der Waals surface area contributed by atoms with Crippen LogP contribution in [0.1, 0.15) is 20.8 Å². The van der Waals surface area contributed by atoms with Crippen LogP contribution >= 0.6 is 22.9 Å². The van der Waals surface area contributed by atoms with Crippen LogP contribution in [0.3, 0.4) is 0 Å². The van der Waals surface area contributed by atoms with E-state index >= 15 is 0 Å². The molecule has 2 heterocycles. The van der Waals surface area contributed by atoms with Crippen LogP contribution in [0.25, 0.3) is 0 Å². The number of aryl methyl sites for hydroxylation is 1. The number of rotatable bonds is 5. The maximum atomic E-state index is 12.7. The van der Waals surface area contributed by atoms with E-state index in [4.69, 9.17) is 11.6 Å². The molecule has 2 amide bonds. The molecule has 0 aliphatic rings. The maximum absolute atomic E-state index is 12.7. The quantitative estimate of drug-likeness (QED) is 0.616. The van der Waals surface area contributed by atoms with Crippen molar-refractivity contribution in [2.45, 2.75) is 6.36 Å². The highest BCUT2D eigenvalue weighted by Gasteiger charge is 2.34. The van der Waals surface area contributed by atoms with Crippen molar-refractivity contribution >= 4 is 46.4 Å². The molecule has 1 aromatic carbocycles. The minimum Gasteiger partial charge on any atom is -0.404 e. The normalized spacial score (nSPS) is 11.2. The fourth-order valence-electron chi connectivity index (χ4n) is 2.07. The van der Waals surface area contributed by atoms with Crippen LogP contribution in [0.4, 0.5) is 24.8 Å². The van der Waals surface area contributed by atoms with E-state index < -0.39 is 34.6 Å². The Labute approximate surface area is 168 Å². The monoisotopic (exact) mass is 447 g/mol. The minimum absolute atomic E-state index is 0.0326. The molecule has 0 atom stereocenters. The van der Waals surface area contributed by atoms with Gasteiger partial charge in [-0.25, -0.2) is 9.67 Å². The highest BCUT2D eigenvalue weighted by atomic mass is 35.5. The second kappa shape index (κ2) is 8.00. The van der Waals surface area contributed by atoms with Gasteiger partial charge < -0.3 is 10.1 Å². The van der Waals surface area contributed by atoms with Gasteiger partial charge in [-0.3, -0.25) is 14.9 Å². The molecule has 2 N–H and O–H groups in total. The molecule has 3 aromatic rings. The predicted octanol–water partition coefficient (Wildman–Crippen LogP) is 2.72. The lowest BCUT2D eigenvalue weighted by Crippen LogP contribution is -2.21. The summed E-state index contributed by atoms with van der Waals surface area (Å²) >= 11 is 7.23. The molecular weight excluding hydrogens is 439 g/mol. The summed E-state index contributed by atoms with van der Waals surface area (Å²) in [6, 6.07) is 1.85. The van der Waals surface area contributed by atoms with Gasteiger partial charge in [-0.1, -0.05) is 16.7 Å². The van der Waals surface area contributed by atoms with Crippen molar-refractivity contribution in [2.24, 2.45) is 7.05 Å². The fraction of sp³-hybridized carbons (Fsp3) is 0.143. The van der Waals surface area contributed by atoms with Crippen molar-refractivity contribution in [3.05, 3.63) is 39.3 Å². The van der Waals surface area contributed by atoms with Gasteiger partial charge in [0.05, 0.1) is 16.1 Å². The van der Waals surface area contributed by atoms with E-state index in [9.17, 15) is 22.8 Å². The molecule has 0 fully saturated rings. The molecule has 0 aliphatic heterocycles. The van der Waals surface area contributed by atoms with Crippen molar-refractivity contribution in [3.8, 4) is 5.75 Å². The summed E-state index contributed by atoms with van der Waals surface area (Å²) in [5.41, 5.74) is 0.509.